The molecule has 1 heterocycles. The molecule has 0 unspecified atom stereocenters. The standard InChI is InChI=1S/C17H17N3O4S/c21-16(18-11-5-1-2-6-11)12-7-3-4-8-13(12)19-17(22)14-9-10-15(25-14)20(23)24/h3-4,7-11H,1-2,5-6H2,(H,18,21)(H,19,22). The highest BCUT2D eigenvalue weighted by Crippen LogP contribution is 2.26. The van der Waals surface area contributed by atoms with E-state index in [1.165, 1.54) is 12.1 Å². The molecular weight excluding hydrogens is 342 g/mol. The summed E-state index contributed by atoms with van der Waals surface area (Å²) in [4.78, 5) is 35.2. The van der Waals surface area contributed by atoms with Gasteiger partial charge in [-0.3, -0.25) is 19.7 Å². The predicted octanol–water partition coefficient (Wildman–Crippen LogP) is 3.58. The summed E-state index contributed by atoms with van der Waals surface area (Å²) in [6.07, 6.45) is 4.17. The molecule has 0 saturated heterocycles. The Balaban J connectivity index is 1.74. The SMILES string of the molecule is O=C(Nc1ccccc1C(=O)NC1CCCC1)c1ccc([N+](=O)[O-])s1. The molecule has 2 N–H and O–H groups in total. The van der Waals surface area contributed by atoms with E-state index >= 15 is 0 Å². The van der Waals surface area contributed by atoms with Crippen LogP contribution in [0.4, 0.5) is 10.7 Å². The van der Waals surface area contributed by atoms with Gasteiger partial charge in [-0.1, -0.05) is 36.3 Å². The van der Waals surface area contributed by atoms with Gasteiger partial charge in [-0.05, 0) is 31.0 Å². The Labute approximate surface area is 148 Å². The van der Waals surface area contributed by atoms with Crippen LogP contribution < -0.4 is 10.6 Å². The molecular formula is C17H17N3O4S. The maximum Gasteiger partial charge on any atom is 0.324 e. The predicted molar refractivity (Wildman–Crippen MR) is 95.1 cm³/mol. The zero-order valence-corrected chi connectivity index (χ0v) is 14.2. The Hall–Kier alpha value is -2.74. The second-order valence-corrected chi connectivity index (χ2v) is 6.91. The van der Waals surface area contributed by atoms with Gasteiger partial charge in [0.1, 0.15) is 0 Å². The average molecular weight is 359 g/mol. The fourth-order valence-corrected chi connectivity index (χ4v) is 3.57. The summed E-state index contributed by atoms with van der Waals surface area (Å²) in [6, 6.07) is 9.61. The number of amides is 2. The number of nitrogens with zero attached hydrogens (tertiary/aromatic N) is 1. The molecule has 7 nitrogen and oxygen atoms in total. The molecule has 2 aromatic rings. The fourth-order valence-electron chi connectivity index (χ4n) is 2.86. The molecule has 1 aromatic carbocycles. The first-order valence-electron chi connectivity index (χ1n) is 8.00. The number of para-hydroxylation sites is 1. The Kier molecular flexibility index (Phi) is 5.08. The molecule has 3 rings (SSSR count). The van der Waals surface area contributed by atoms with E-state index in [9.17, 15) is 19.7 Å². The van der Waals surface area contributed by atoms with Crippen molar-refractivity contribution in [3.8, 4) is 0 Å². The van der Waals surface area contributed by atoms with Crippen molar-refractivity contribution in [1.82, 2.24) is 5.32 Å². The Morgan fingerprint density at radius 2 is 1.80 bits per heavy atom. The van der Waals surface area contributed by atoms with Gasteiger partial charge in [0.15, 0.2) is 0 Å². The number of nitro groups is 1. The molecule has 1 aliphatic rings. The van der Waals surface area contributed by atoms with E-state index in [1.54, 1.807) is 24.3 Å². The maximum absolute atomic E-state index is 12.5. The van der Waals surface area contributed by atoms with Crippen LogP contribution in [0.2, 0.25) is 0 Å². The lowest BCUT2D eigenvalue weighted by Crippen LogP contribution is -2.33. The van der Waals surface area contributed by atoms with E-state index in [1.807, 2.05) is 0 Å². The van der Waals surface area contributed by atoms with Gasteiger partial charge < -0.3 is 10.6 Å². The van der Waals surface area contributed by atoms with Crippen molar-refractivity contribution in [3.63, 3.8) is 0 Å². The number of carbonyl (C=O) groups excluding carboxylic acids is 2. The summed E-state index contributed by atoms with van der Waals surface area (Å²) >= 11 is 0.797. The molecule has 1 fully saturated rings. The zero-order valence-electron chi connectivity index (χ0n) is 13.4. The molecule has 8 heteroatoms. The van der Waals surface area contributed by atoms with Crippen LogP contribution in [0.3, 0.4) is 0 Å². The van der Waals surface area contributed by atoms with Gasteiger partial charge >= 0.3 is 5.00 Å². The fraction of sp³-hybridized carbons (Fsp3) is 0.294. The average Bonchev–Trinajstić information content (AvgIpc) is 3.27. The van der Waals surface area contributed by atoms with E-state index in [4.69, 9.17) is 0 Å². The summed E-state index contributed by atoms with van der Waals surface area (Å²) in [7, 11) is 0. The zero-order chi connectivity index (χ0) is 17.8. The maximum atomic E-state index is 12.5. The first kappa shape index (κ1) is 17.1. The van der Waals surface area contributed by atoms with Gasteiger partial charge in [-0.15, -0.1) is 0 Å². The summed E-state index contributed by atoms with van der Waals surface area (Å²) in [6.45, 7) is 0. The van der Waals surface area contributed by atoms with E-state index in [0.29, 0.717) is 11.3 Å². The normalized spacial score (nSPS) is 14.2. The molecule has 1 aromatic heterocycles. The molecule has 0 spiro atoms. The van der Waals surface area contributed by atoms with Crippen molar-refractivity contribution in [1.29, 1.82) is 0 Å². The van der Waals surface area contributed by atoms with Crippen LogP contribution in [-0.2, 0) is 0 Å². The lowest BCUT2D eigenvalue weighted by Gasteiger charge is -2.14. The van der Waals surface area contributed by atoms with Crippen LogP contribution in [0.25, 0.3) is 0 Å². The van der Waals surface area contributed by atoms with Crippen molar-refractivity contribution < 1.29 is 14.5 Å². The Morgan fingerprint density at radius 3 is 2.48 bits per heavy atom. The van der Waals surface area contributed by atoms with Gasteiger partial charge in [-0.2, -0.15) is 0 Å². The van der Waals surface area contributed by atoms with Crippen LogP contribution in [0, 0.1) is 10.1 Å². The van der Waals surface area contributed by atoms with Crippen molar-refractivity contribution in [2.45, 2.75) is 31.7 Å². The van der Waals surface area contributed by atoms with Crippen molar-refractivity contribution >= 4 is 33.8 Å². The summed E-state index contributed by atoms with van der Waals surface area (Å²) in [5, 5.41) is 16.3. The van der Waals surface area contributed by atoms with Crippen LogP contribution in [0.5, 0.6) is 0 Å². The minimum atomic E-state index is -0.537. The minimum absolute atomic E-state index is 0.0996. The number of thiophene rings is 1. The largest absolute Gasteiger partial charge is 0.349 e. The molecule has 0 atom stereocenters. The van der Waals surface area contributed by atoms with E-state index < -0.39 is 10.8 Å². The van der Waals surface area contributed by atoms with Gasteiger partial charge in [0.2, 0.25) is 0 Å². The number of rotatable bonds is 5. The summed E-state index contributed by atoms with van der Waals surface area (Å²) < 4.78 is 0. The van der Waals surface area contributed by atoms with Crippen LogP contribution in [0.15, 0.2) is 36.4 Å². The van der Waals surface area contributed by atoms with Crippen LogP contribution in [0.1, 0.15) is 45.7 Å². The number of carbonyl (C=O) groups is 2. The minimum Gasteiger partial charge on any atom is -0.349 e. The molecule has 1 saturated carbocycles. The third kappa shape index (κ3) is 4.03. The molecule has 0 radical (unpaired) electrons. The van der Waals surface area contributed by atoms with Gasteiger partial charge in [-0.25, -0.2) is 0 Å². The Bertz CT molecular complexity index is 812. The molecule has 0 aliphatic heterocycles. The highest BCUT2D eigenvalue weighted by molar-refractivity contribution is 7.17. The lowest BCUT2D eigenvalue weighted by molar-refractivity contribution is -0.380. The van der Waals surface area contributed by atoms with Gasteiger partial charge in [0.25, 0.3) is 11.8 Å². The smallest absolute Gasteiger partial charge is 0.324 e. The number of benzene rings is 1. The van der Waals surface area contributed by atoms with Gasteiger partial charge in [0, 0.05) is 12.1 Å². The Morgan fingerprint density at radius 1 is 1.08 bits per heavy atom. The van der Waals surface area contributed by atoms with E-state index in [0.717, 1.165) is 37.0 Å². The highest BCUT2D eigenvalue weighted by Gasteiger charge is 2.21. The monoisotopic (exact) mass is 359 g/mol. The van der Waals surface area contributed by atoms with E-state index in [-0.39, 0.29) is 21.8 Å². The van der Waals surface area contributed by atoms with Crippen LogP contribution in [-0.4, -0.2) is 22.8 Å². The van der Waals surface area contributed by atoms with Crippen molar-refractivity contribution in [3.05, 3.63) is 57.0 Å². The summed E-state index contributed by atoms with van der Waals surface area (Å²) in [5.74, 6) is -0.695. The molecule has 2 amide bonds. The molecule has 1 aliphatic carbocycles. The number of hydrogen-bond acceptors (Lipinski definition) is 5. The van der Waals surface area contributed by atoms with Crippen LogP contribution >= 0.6 is 11.3 Å². The first-order valence-corrected chi connectivity index (χ1v) is 8.81. The molecule has 0 bridgehead atoms. The van der Waals surface area contributed by atoms with Crippen molar-refractivity contribution in [2.24, 2.45) is 0 Å². The van der Waals surface area contributed by atoms with Gasteiger partial charge in [0.05, 0.1) is 21.1 Å². The quantitative estimate of drug-likeness (QED) is 0.629. The number of anilines is 1. The third-order valence-electron chi connectivity index (χ3n) is 4.11. The topological polar surface area (TPSA) is 101 Å². The first-order chi connectivity index (χ1) is 12.0. The molecule has 25 heavy (non-hydrogen) atoms. The molecule has 130 valence electrons. The van der Waals surface area contributed by atoms with E-state index in [2.05, 4.69) is 10.6 Å². The second kappa shape index (κ2) is 7.43. The number of hydrogen-bond donors (Lipinski definition) is 2. The highest BCUT2D eigenvalue weighted by atomic mass is 32.1. The van der Waals surface area contributed by atoms with Crippen molar-refractivity contribution in [2.75, 3.05) is 5.32 Å². The number of nitrogens with one attached hydrogen (secondary N) is 2. The summed E-state index contributed by atoms with van der Waals surface area (Å²) in [5.41, 5.74) is 0.771. The second-order valence-electron chi connectivity index (χ2n) is 5.85. The third-order valence-corrected chi connectivity index (χ3v) is 5.14. The lowest BCUT2D eigenvalue weighted by atomic mass is 10.1.